The number of benzene rings is 2. The van der Waals surface area contributed by atoms with E-state index in [1.165, 1.54) is 0 Å². The number of aliphatic carboxylic acids is 1. The average Bonchev–Trinajstić information content (AvgIpc) is 2.69. The van der Waals surface area contributed by atoms with Gasteiger partial charge in [0.2, 0.25) is 0 Å². The maximum Gasteiger partial charge on any atom is 0.313 e. The smallest absolute Gasteiger partial charge is 0.313 e. The molecule has 0 aliphatic heterocycles. The van der Waals surface area contributed by atoms with Crippen molar-refractivity contribution >= 4 is 11.7 Å². The Bertz CT molecular complexity index is 848. The SMILES string of the molecule is CCC(c1ccccc1)c1c(C(C)(C)C(=O)O)ccc(CO)c1N(C(C)C)C(C)C. The fourth-order valence-corrected chi connectivity index (χ4v) is 4.50. The molecule has 1 unspecified atom stereocenters. The van der Waals surface area contributed by atoms with Gasteiger partial charge in [-0.2, -0.15) is 0 Å². The lowest BCUT2D eigenvalue weighted by molar-refractivity contribution is -0.142. The largest absolute Gasteiger partial charge is 0.481 e. The van der Waals surface area contributed by atoms with Crippen LogP contribution in [0.5, 0.6) is 0 Å². The molecule has 0 saturated heterocycles. The molecular weight excluding hydrogens is 374 g/mol. The normalized spacial score (nSPS) is 13.0. The fraction of sp³-hybridized carbons (Fsp3) is 0.500. The van der Waals surface area contributed by atoms with Gasteiger partial charge in [0.05, 0.1) is 12.0 Å². The molecule has 30 heavy (non-hydrogen) atoms. The molecule has 4 heteroatoms. The molecule has 2 rings (SSSR count). The first-order valence-electron chi connectivity index (χ1n) is 10.9. The quantitative estimate of drug-likeness (QED) is 0.555. The number of hydrogen-bond acceptors (Lipinski definition) is 3. The van der Waals surface area contributed by atoms with Gasteiger partial charge in [0.1, 0.15) is 0 Å². The highest BCUT2D eigenvalue weighted by Gasteiger charge is 2.37. The summed E-state index contributed by atoms with van der Waals surface area (Å²) in [5.74, 6) is -0.823. The standard InChI is InChI=1S/C26H37NO3/c1-8-21(19-12-10-9-11-13-19)23-22(26(6,7)25(29)30)15-14-20(16-28)24(23)27(17(2)3)18(4)5/h9-15,17-18,21,28H,8,16H2,1-7H3,(H,29,30). The Labute approximate surface area is 181 Å². The summed E-state index contributed by atoms with van der Waals surface area (Å²) in [6.45, 7) is 14.2. The molecule has 4 nitrogen and oxygen atoms in total. The fourth-order valence-electron chi connectivity index (χ4n) is 4.50. The van der Waals surface area contributed by atoms with Gasteiger partial charge >= 0.3 is 5.97 Å². The lowest BCUT2D eigenvalue weighted by Gasteiger charge is -2.40. The third-order valence-corrected chi connectivity index (χ3v) is 6.01. The van der Waals surface area contributed by atoms with Crippen LogP contribution in [0.25, 0.3) is 0 Å². The lowest BCUT2D eigenvalue weighted by atomic mass is 9.74. The maximum absolute atomic E-state index is 12.3. The summed E-state index contributed by atoms with van der Waals surface area (Å²) in [4.78, 5) is 14.6. The van der Waals surface area contributed by atoms with E-state index in [1.54, 1.807) is 13.8 Å². The van der Waals surface area contributed by atoms with Crippen LogP contribution in [0, 0.1) is 0 Å². The Morgan fingerprint density at radius 2 is 1.57 bits per heavy atom. The number of carboxylic acid groups (broad SMARTS) is 1. The van der Waals surface area contributed by atoms with Gasteiger partial charge in [0, 0.05) is 29.3 Å². The number of aliphatic hydroxyl groups excluding tert-OH is 1. The second-order valence-corrected chi connectivity index (χ2v) is 9.09. The van der Waals surface area contributed by atoms with Crippen LogP contribution in [0.15, 0.2) is 42.5 Å². The van der Waals surface area contributed by atoms with Gasteiger partial charge in [-0.15, -0.1) is 0 Å². The molecule has 0 aliphatic carbocycles. The summed E-state index contributed by atoms with van der Waals surface area (Å²) in [6.07, 6.45) is 0.832. The molecule has 0 amide bonds. The van der Waals surface area contributed by atoms with Gasteiger partial charge in [-0.05, 0) is 64.7 Å². The van der Waals surface area contributed by atoms with Crippen molar-refractivity contribution in [2.24, 2.45) is 0 Å². The average molecular weight is 412 g/mol. The van der Waals surface area contributed by atoms with E-state index in [9.17, 15) is 15.0 Å². The zero-order chi connectivity index (χ0) is 22.6. The first-order chi connectivity index (χ1) is 14.1. The number of rotatable bonds is 9. The van der Waals surface area contributed by atoms with E-state index < -0.39 is 11.4 Å². The van der Waals surface area contributed by atoms with Gasteiger partial charge in [0.25, 0.3) is 0 Å². The predicted molar refractivity (Wildman–Crippen MR) is 124 cm³/mol. The number of carbonyl (C=O) groups is 1. The van der Waals surface area contributed by atoms with Crippen molar-refractivity contribution in [3.05, 3.63) is 64.7 Å². The zero-order valence-corrected chi connectivity index (χ0v) is 19.4. The molecule has 0 aliphatic rings. The molecule has 0 radical (unpaired) electrons. The van der Waals surface area contributed by atoms with Crippen molar-refractivity contribution in [1.29, 1.82) is 0 Å². The van der Waals surface area contributed by atoms with E-state index >= 15 is 0 Å². The van der Waals surface area contributed by atoms with Crippen LogP contribution < -0.4 is 4.90 Å². The molecule has 1 atom stereocenters. The maximum atomic E-state index is 12.3. The van der Waals surface area contributed by atoms with Crippen molar-refractivity contribution in [1.82, 2.24) is 0 Å². The van der Waals surface area contributed by atoms with E-state index in [0.29, 0.717) is 0 Å². The molecule has 2 aromatic carbocycles. The van der Waals surface area contributed by atoms with Crippen molar-refractivity contribution in [3.63, 3.8) is 0 Å². The summed E-state index contributed by atoms with van der Waals surface area (Å²) in [6, 6.07) is 14.5. The minimum atomic E-state index is -1.06. The molecular formula is C26H37NO3. The van der Waals surface area contributed by atoms with Crippen molar-refractivity contribution in [2.45, 2.75) is 84.9 Å². The number of nitrogens with zero attached hydrogens (tertiary/aromatic N) is 1. The number of aliphatic hydroxyl groups is 1. The molecule has 2 aromatic rings. The monoisotopic (exact) mass is 411 g/mol. The molecule has 0 saturated carbocycles. The first kappa shape index (κ1) is 23.9. The van der Waals surface area contributed by atoms with E-state index in [0.717, 1.165) is 34.4 Å². The van der Waals surface area contributed by atoms with E-state index in [2.05, 4.69) is 51.7 Å². The van der Waals surface area contributed by atoms with Crippen LogP contribution in [0.4, 0.5) is 5.69 Å². The van der Waals surface area contributed by atoms with E-state index in [1.807, 2.05) is 30.3 Å². The van der Waals surface area contributed by atoms with Gasteiger partial charge in [-0.3, -0.25) is 4.79 Å². The molecule has 0 bridgehead atoms. The molecule has 0 aromatic heterocycles. The Balaban J connectivity index is 3.00. The lowest BCUT2D eigenvalue weighted by Crippen LogP contribution is -2.40. The van der Waals surface area contributed by atoms with Crippen LogP contribution >= 0.6 is 0 Å². The summed E-state index contributed by atoms with van der Waals surface area (Å²) >= 11 is 0. The van der Waals surface area contributed by atoms with Gasteiger partial charge in [0.15, 0.2) is 0 Å². The van der Waals surface area contributed by atoms with Gasteiger partial charge in [-0.1, -0.05) is 49.4 Å². The topological polar surface area (TPSA) is 60.8 Å². The predicted octanol–water partition coefficient (Wildman–Crippen LogP) is 5.71. The number of anilines is 1. The van der Waals surface area contributed by atoms with Crippen molar-refractivity contribution in [2.75, 3.05) is 4.90 Å². The first-order valence-corrected chi connectivity index (χ1v) is 10.9. The Hall–Kier alpha value is -2.33. The third-order valence-electron chi connectivity index (χ3n) is 6.01. The highest BCUT2D eigenvalue weighted by atomic mass is 16.4. The highest BCUT2D eigenvalue weighted by molar-refractivity contribution is 5.83. The zero-order valence-electron chi connectivity index (χ0n) is 19.4. The van der Waals surface area contributed by atoms with Crippen molar-refractivity contribution < 1.29 is 15.0 Å². The Morgan fingerprint density at radius 3 is 2.00 bits per heavy atom. The second kappa shape index (κ2) is 9.65. The Morgan fingerprint density at radius 1 is 1.00 bits per heavy atom. The molecule has 0 fully saturated rings. The van der Waals surface area contributed by atoms with E-state index in [4.69, 9.17) is 0 Å². The van der Waals surface area contributed by atoms with E-state index in [-0.39, 0.29) is 24.6 Å². The molecule has 0 heterocycles. The Kier molecular flexibility index (Phi) is 7.70. The van der Waals surface area contributed by atoms with Crippen LogP contribution in [-0.4, -0.2) is 28.3 Å². The van der Waals surface area contributed by atoms with Crippen molar-refractivity contribution in [3.8, 4) is 0 Å². The van der Waals surface area contributed by atoms with Crippen LogP contribution in [-0.2, 0) is 16.8 Å². The van der Waals surface area contributed by atoms with Gasteiger partial charge < -0.3 is 15.1 Å². The molecule has 164 valence electrons. The summed E-state index contributed by atoms with van der Waals surface area (Å²) in [5, 5.41) is 20.3. The summed E-state index contributed by atoms with van der Waals surface area (Å²) < 4.78 is 0. The summed E-state index contributed by atoms with van der Waals surface area (Å²) in [7, 11) is 0. The third kappa shape index (κ3) is 4.54. The minimum absolute atomic E-state index is 0.0290. The number of carboxylic acids is 1. The molecule has 0 spiro atoms. The second-order valence-electron chi connectivity index (χ2n) is 9.09. The van der Waals surface area contributed by atoms with Crippen LogP contribution in [0.1, 0.15) is 83.1 Å². The van der Waals surface area contributed by atoms with Gasteiger partial charge in [-0.25, -0.2) is 0 Å². The van der Waals surface area contributed by atoms with Crippen LogP contribution in [0.2, 0.25) is 0 Å². The van der Waals surface area contributed by atoms with Crippen LogP contribution in [0.3, 0.4) is 0 Å². The summed E-state index contributed by atoms with van der Waals surface area (Å²) in [5.41, 5.74) is 3.75. The molecule has 2 N–H and O–H groups in total. The number of hydrogen-bond donors (Lipinski definition) is 2. The highest BCUT2D eigenvalue weighted by Crippen LogP contribution is 2.44. The minimum Gasteiger partial charge on any atom is -0.481 e.